The van der Waals surface area contributed by atoms with Gasteiger partial charge in [0.25, 0.3) is 0 Å². The second-order valence-corrected chi connectivity index (χ2v) is 6.92. The van der Waals surface area contributed by atoms with Crippen LogP contribution in [0.15, 0.2) is 29.2 Å². The van der Waals surface area contributed by atoms with Crippen LogP contribution < -0.4 is 11.0 Å². The third-order valence-electron chi connectivity index (χ3n) is 5.00. The van der Waals surface area contributed by atoms with E-state index in [4.69, 9.17) is 0 Å². The normalized spacial score (nSPS) is 20.3. The van der Waals surface area contributed by atoms with Crippen molar-refractivity contribution in [2.24, 2.45) is 5.92 Å². The number of rotatable bonds is 6. The van der Waals surface area contributed by atoms with Crippen molar-refractivity contribution in [1.29, 1.82) is 0 Å². The molecule has 2 aromatic heterocycles. The van der Waals surface area contributed by atoms with E-state index in [1.54, 1.807) is 13.1 Å². The zero-order valence-electron chi connectivity index (χ0n) is 15.0. The first kappa shape index (κ1) is 18.3. The molecule has 3 N–H and O–H groups in total. The molecule has 1 aliphatic rings. The highest BCUT2D eigenvalue weighted by Crippen LogP contribution is 2.37. The van der Waals surface area contributed by atoms with Crippen LogP contribution in [0.25, 0.3) is 0 Å². The lowest BCUT2D eigenvalue weighted by molar-refractivity contribution is -0.123. The SMILES string of the molecule is Cc1nc(=O)[nH]c(C)c1CCC(=O)N[C@@H](c1ccccn1)C1CC(O)C1. The van der Waals surface area contributed by atoms with Crippen molar-refractivity contribution in [3.63, 3.8) is 0 Å². The Labute approximate surface area is 151 Å². The maximum atomic E-state index is 12.5. The molecule has 138 valence electrons. The maximum Gasteiger partial charge on any atom is 0.345 e. The Morgan fingerprint density at radius 1 is 1.38 bits per heavy atom. The molecule has 0 saturated heterocycles. The van der Waals surface area contributed by atoms with E-state index >= 15 is 0 Å². The summed E-state index contributed by atoms with van der Waals surface area (Å²) in [6.07, 6.45) is 3.57. The fourth-order valence-electron chi connectivity index (χ4n) is 3.50. The minimum absolute atomic E-state index is 0.0768. The van der Waals surface area contributed by atoms with Gasteiger partial charge in [-0.3, -0.25) is 9.78 Å². The summed E-state index contributed by atoms with van der Waals surface area (Å²) in [6.45, 7) is 3.59. The van der Waals surface area contributed by atoms with Crippen LogP contribution in [-0.2, 0) is 11.2 Å². The molecule has 1 aliphatic carbocycles. The van der Waals surface area contributed by atoms with Gasteiger partial charge in [-0.15, -0.1) is 0 Å². The number of nitrogens with zero attached hydrogens (tertiary/aromatic N) is 2. The monoisotopic (exact) mass is 356 g/mol. The lowest BCUT2D eigenvalue weighted by Crippen LogP contribution is -2.41. The first-order chi connectivity index (χ1) is 12.4. The van der Waals surface area contributed by atoms with Crippen LogP contribution in [-0.4, -0.2) is 32.1 Å². The number of carbonyl (C=O) groups is 1. The van der Waals surface area contributed by atoms with Crippen LogP contribution >= 0.6 is 0 Å². The molecule has 7 heteroatoms. The van der Waals surface area contributed by atoms with Crippen LogP contribution in [0.5, 0.6) is 0 Å². The molecule has 1 fully saturated rings. The summed E-state index contributed by atoms with van der Waals surface area (Å²) < 4.78 is 0. The summed E-state index contributed by atoms with van der Waals surface area (Å²) in [6, 6.07) is 5.45. The molecule has 26 heavy (non-hydrogen) atoms. The Kier molecular flexibility index (Phi) is 5.46. The number of nitrogens with one attached hydrogen (secondary N) is 2. The fourth-order valence-corrected chi connectivity index (χ4v) is 3.50. The first-order valence-corrected chi connectivity index (χ1v) is 8.88. The molecule has 1 saturated carbocycles. The summed E-state index contributed by atoms with van der Waals surface area (Å²) in [5.41, 5.74) is 2.75. The summed E-state index contributed by atoms with van der Waals surface area (Å²) in [4.78, 5) is 34.8. The van der Waals surface area contributed by atoms with Gasteiger partial charge in [-0.2, -0.15) is 4.98 Å². The van der Waals surface area contributed by atoms with E-state index in [1.807, 2.05) is 25.1 Å². The van der Waals surface area contributed by atoms with E-state index in [0.717, 1.165) is 17.0 Å². The molecule has 0 radical (unpaired) electrons. The Morgan fingerprint density at radius 3 is 2.77 bits per heavy atom. The van der Waals surface area contributed by atoms with Crippen molar-refractivity contribution < 1.29 is 9.90 Å². The molecule has 0 spiro atoms. The van der Waals surface area contributed by atoms with Crippen LogP contribution in [0, 0.1) is 19.8 Å². The van der Waals surface area contributed by atoms with Crippen LogP contribution in [0.2, 0.25) is 0 Å². The van der Waals surface area contributed by atoms with Crippen LogP contribution in [0.3, 0.4) is 0 Å². The average Bonchev–Trinajstić information content (AvgIpc) is 2.57. The summed E-state index contributed by atoms with van der Waals surface area (Å²) in [5.74, 6) is 0.120. The number of carbonyl (C=O) groups excluding carboxylic acids is 1. The van der Waals surface area contributed by atoms with Gasteiger partial charge in [0.2, 0.25) is 5.91 Å². The van der Waals surface area contributed by atoms with Gasteiger partial charge in [0.1, 0.15) is 0 Å². The molecule has 2 aromatic rings. The number of aryl methyl sites for hydroxylation is 2. The van der Waals surface area contributed by atoms with Gasteiger partial charge < -0.3 is 15.4 Å². The van der Waals surface area contributed by atoms with Gasteiger partial charge in [-0.25, -0.2) is 4.79 Å². The van der Waals surface area contributed by atoms with E-state index in [-0.39, 0.29) is 29.7 Å². The highest BCUT2D eigenvalue weighted by Gasteiger charge is 2.36. The Balaban J connectivity index is 1.66. The number of aromatic amines is 1. The predicted octanol–water partition coefficient (Wildman–Crippen LogP) is 1.34. The number of aromatic nitrogens is 3. The Hall–Kier alpha value is -2.54. The van der Waals surface area contributed by atoms with Crippen molar-refractivity contribution >= 4 is 5.91 Å². The predicted molar refractivity (Wildman–Crippen MR) is 96.5 cm³/mol. The fraction of sp³-hybridized carbons (Fsp3) is 0.474. The number of H-pyrrole nitrogens is 1. The largest absolute Gasteiger partial charge is 0.393 e. The minimum atomic E-state index is -0.369. The number of hydrogen-bond acceptors (Lipinski definition) is 5. The van der Waals surface area contributed by atoms with Crippen LogP contribution in [0.4, 0.5) is 0 Å². The average molecular weight is 356 g/mol. The zero-order chi connectivity index (χ0) is 18.7. The van der Waals surface area contributed by atoms with Gasteiger partial charge in [-0.1, -0.05) is 6.07 Å². The molecule has 7 nitrogen and oxygen atoms in total. The lowest BCUT2D eigenvalue weighted by Gasteiger charge is -2.37. The molecule has 2 heterocycles. The minimum Gasteiger partial charge on any atom is -0.393 e. The summed E-state index contributed by atoms with van der Waals surface area (Å²) in [7, 11) is 0. The van der Waals surface area contributed by atoms with E-state index in [1.165, 1.54) is 0 Å². The number of aliphatic hydroxyl groups is 1. The molecule has 0 aliphatic heterocycles. The molecule has 1 atom stereocenters. The highest BCUT2D eigenvalue weighted by atomic mass is 16.3. The van der Waals surface area contributed by atoms with Gasteiger partial charge in [0.15, 0.2) is 0 Å². The quantitative estimate of drug-likeness (QED) is 0.724. The molecule has 0 unspecified atom stereocenters. The third kappa shape index (κ3) is 4.16. The Bertz CT molecular complexity index is 802. The summed E-state index contributed by atoms with van der Waals surface area (Å²) in [5, 5.41) is 12.7. The second-order valence-electron chi connectivity index (χ2n) is 6.92. The van der Waals surface area contributed by atoms with Crippen molar-refractivity contribution in [2.75, 3.05) is 0 Å². The molecule has 0 aromatic carbocycles. The smallest absolute Gasteiger partial charge is 0.345 e. The maximum absolute atomic E-state index is 12.5. The molecule has 0 bridgehead atoms. The van der Waals surface area contributed by atoms with E-state index in [2.05, 4.69) is 20.3 Å². The van der Waals surface area contributed by atoms with Crippen molar-refractivity contribution in [1.82, 2.24) is 20.3 Å². The van der Waals surface area contributed by atoms with Gasteiger partial charge in [0, 0.05) is 24.0 Å². The van der Waals surface area contributed by atoms with Crippen molar-refractivity contribution in [3.05, 3.63) is 57.5 Å². The number of hydrogen-bond donors (Lipinski definition) is 3. The van der Waals surface area contributed by atoms with Crippen LogP contribution in [0.1, 0.15) is 47.9 Å². The van der Waals surface area contributed by atoms with E-state index in [0.29, 0.717) is 31.4 Å². The molecular weight excluding hydrogens is 332 g/mol. The van der Waals surface area contributed by atoms with Gasteiger partial charge in [-0.05, 0) is 56.7 Å². The highest BCUT2D eigenvalue weighted by molar-refractivity contribution is 5.76. The van der Waals surface area contributed by atoms with Gasteiger partial charge in [0.05, 0.1) is 17.8 Å². The molecular formula is C19H24N4O3. The van der Waals surface area contributed by atoms with Crippen molar-refractivity contribution in [2.45, 2.75) is 51.7 Å². The number of amides is 1. The third-order valence-corrected chi connectivity index (χ3v) is 5.00. The number of pyridine rings is 1. The lowest BCUT2D eigenvalue weighted by atomic mass is 9.76. The standard InChI is InChI=1S/C19H24N4O3/c1-11-15(12(2)22-19(26)21-11)6-7-17(25)23-18(13-9-14(24)10-13)16-5-3-4-8-20-16/h3-5,8,13-14,18,24H,6-7,9-10H2,1-2H3,(H,23,25)(H,21,22,26)/t13?,14?,18-/m1/s1. The second kappa shape index (κ2) is 7.78. The molecule has 3 rings (SSSR count). The molecule has 1 amide bonds. The Morgan fingerprint density at radius 2 is 2.15 bits per heavy atom. The zero-order valence-corrected chi connectivity index (χ0v) is 15.0. The van der Waals surface area contributed by atoms with Crippen molar-refractivity contribution in [3.8, 4) is 0 Å². The van der Waals surface area contributed by atoms with E-state index in [9.17, 15) is 14.7 Å². The number of aliphatic hydroxyl groups excluding tert-OH is 1. The topological polar surface area (TPSA) is 108 Å². The first-order valence-electron chi connectivity index (χ1n) is 8.88. The van der Waals surface area contributed by atoms with E-state index < -0.39 is 0 Å². The van der Waals surface area contributed by atoms with Gasteiger partial charge >= 0.3 is 5.69 Å². The summed E-state index contributed by atoms with van der Waals surface area (Å²) >= 11 is 0.